The van der Waals surface area contributed by atoms with Crippen molar-refractivity contribution in [3.05, 3.63) is 64.1 Å². The summed E-state index contributed by atoms with van der Waals surface area (Å²) >= 11 is 0. The van der Waals surface area contributed by atoms with Crippen LogP contribution in [0.15, 0.2) is 46.7 Å². The molecule has 5 nitrogen and oxygen atoms in total. The molecular formula is C23H28F3N5. The molecule has 0 saturated carbocycles. The fraction of sp³-hybridized carbons (Fsp3) is 0.261. The Morgan fingerprint density at radius 3 is 2.26 bits per heavy atom. The lowest BCUT2D eigenvalue weighted by molar-refractivity contribution is 0.548. The summed E-state index contributed by atoms with van der Waals surface area (Å²) in [6.07, 6.45) is 1.04. The number of halogens is 3. The van der Waals surface area contributed by atoms with E-state index in [0.717, 1.165) is 18.7 Å². The van der Waals surface area contributed by atoms with Gasteiger partial charge in [0.2, 0.25) is 0 Å². The zero-order valence-electron chi connectivity index (χ0n) is 18.4. The van der Waals surface area contributed by atoms with Gasteiger partial charge in [0.1, 0.15) is 11.7 Å². The van der Waals surface area contributed by atoms with Gasteiger partial charge in [0.05, 0.1) is 17.4 Å². The Kier molecular flexibility index (Phi) is 12.9. The lowest BCUT2D eigenvalue weighted by Gasteiger charge is -2.07. The van der Waals surface area contributed by atoms with Crippen LogP contribution in [0.3, 0.4) is 0 Å². The molecule has 0 atom stereocenters. The van der Waals surface area contributed by atoms with Crippen molar-refractivity contribution in [1.82, 2.24) is 10.2 Å². The number of hydrogen-bond acceptors (Lipinski definition) is 4. The summed E-state index contributed by atoms with van der Waals surface area (Å²) in [6, 6.07) is 7.92. The molecule has 166 valence electrons. The van der Waals surface area contributed by atoms with E-state index >= 15 is 0 Å². The van der Waals surface area contributed by atoms with Crippen molar-refractivity contribution in [2.24, 2.45) is 10.7 Å². The maximum absolute atomic E-state index is 13.8. The van der Waals surface area contributed by atoms with E-state index in [2.05, 4.69) is 39.5 Å². The van der Waals surface area contributed by atoms with E-state index in [1.54, 1.807) is 6.92 Å². The molecule has 0 amide bonds. The van der Waals surface area contributed by atoms with Crippen LogP contribution >= 0.6 is 0 Å². The van der Waals surface area contributed by atoms with Gasteiger partial charge >= 0.3 is 0 Å². The van der Waals surface area contributed by atoms with Crippen LogP contribution in [0.5, 0.6) is 0 Å². The molecule has 0 saturated heterocycles. The zero-order chi connectivity index (χ0) is 24.0. The lowest BCUT2D eigenvalue weighted by Crippen LogP contribution is -1.93. The molecule has 0 aliphatic rings. The van der Waals surface area contributed by atoms with Crippen molar-refractivity contribution in [2.45, 2.75) is 34.1 Å². The van der Waals surface area contributed by atoms with Crippen LogP contribution in [-0.4, -0.2) is 30.2 Å². The van der Waals surface area contributed by atoms with Crippen LogP contribution < -0.4 is 5.73 Å². The van der Waals surface area contributed by atoms with Gasteiger partial charge in [-0.3, -0.25) is 10.5 Å². The van der Waals surface area contributed by atoms with Crippen molar-refractivity contribution in [3.63, 3.8) is 0 Å². The molecule has 0 spiro atoms. The first-order valence-electron chi connectivity index (χ1n) is 9.34. The van der Waals surface area contributed by atoms with Gasteiger partial charge in [-0.05, 0) is 53.1 Å². The van der Waals surface area contributed by atoms with Crippen LogP contribution in [0.1, 0.15) is 42.7 Å². The second-order valence-electron chi connectivity index (χ2n) is 5.97. The van der Waals surface area contributed by atoms with Crippen molar-refractivity contribution in [1.29, 1.82) is 5.41 Å². The molecule has 0 aliphatic carbocycles. The third-order valence-electron chi connectivity index (χ3n) is 3.77. The summed E-state index contributed by atoms with van der Waals surface area (Å²) < 4.78 is 40.6. The smallest absolute Gasteiger partial charge is 0.181 e. The van der Waals surface area contributed by atoms with E-state index in [1.165, 1.54) is 19.5 Å². The molecule has 1 heterocycles. The number of rotatable bonds is 4. The lowest BCUT2D eigenvalue weighted by atomic mass is 10.0. The Morgan fingerprint density at radius 2 is 1.81 bits per heavy atom. The van der Waals surface area contributed by atoms with Crippen LogP contribution in [0.25, 0.3) is 5.57 Å². The molecule has 1 aromatic heterocycles. The summed E-state index contributed by atoms with van der Waals surface area (Å²) in [6.45, 7) is 9.30. The minimum absolute atomic E-state index is 0.0440. The molecule has 0 aliphatic heterocycles. The van der Waals surface area contributed by atoms with Gasteiger partial charge in [-0.1, -0.05) is 36.5 Å². The Bertz CT molecular complexity index is 986. The summed E-state index contributed by atoms with van der Waals surface area (Å²) in [7, 11) is 1.50. The van der Waals surface area contributed by atoms with Crippen molar-refractivity contribution in [2.75, 3.05) is 7.05 Å². The van der Waals surface area contributed by atoms with Crippen LogP contribution in [0.2, 0.25) is 0 Å². The number of H-pyrrole nitrogens is 1. The number of nitrogens with zero attached hydrogens (tertiary/aromatic N) is 2. The Labute approximate surface area is 181 Å². The molecule has 0 radical (unpaired) electrons. The minimum Gasteiger partial charge on any atom is -0.333 e. The molecule has 4 N–H and O–H groups in total. The van der Waals surface area contributed by atoms with Crippen molar-refractivity contribution >= 4 is 24.3 Å². The number of benzene rings is 1. The molecule has 0 fully saturated rings. The largest absolute Gasteiger partial charge is 0.333 e. The van der Waals surface area contributed by atoms with Crippen molar-refractivity contribution in [3.8, 4) is 11.8 Å². The summed E-state index contributed by atoms with van der Waals surface area (Å²) in [5.41, 5.74) is 6.72. The Balaban J connectivity index is 0.000000591. The maximum Gasteiger partial charge on any atom is 0.181 e. The topological polar surface area (TPSA) is 90.9 Å². The number of nitrogens with one attached hydrogen (secondary N) is 2. The molecule has 0 unspecified atom stereocenters. The second kappa shape index (κ2) is 14.5. The van der Waals surface area contributed by atoms with Crippen molar-refractivity contribution < 1.29 is 13.2 Å². The van der Waals surface area contributed by atoms with E-state index in [1.807, 2.05) is 31.2 Å². The highest BCUT2D eigenvalue weighted by atomic mass is 19.2. The fourth-order valence-corrected chi connectivity index (χ4v) is 2.30. The molecule has 2 aromatic rings. The quantitative estimate of drug-likeness (QED) is 0.320. The number of aliphatic imine (C=N–C) groups is 1. The number of hydrogen-bond donors (Lipinski definition) is 3. The third-order valence-corrected chi connectivity index (χ3v) is 3.77. The monoisotopic (exact) mass is 431 g/mol. The SMILES string of the molecule is C=Nc1n[nH]c(C)c1C(/C(F)=C(\C)F)=C(\F)CC.CN.Cc1ccc(C#CC=N)cc1. The third kappa shape index (κ3) is 8.44. The molecule has 8 heteroatoms. The molecule has 1 aromatic carbocycles. The van der Waals surface area contributed by atoms with Crippen LogP contribution in [0.4, 0.5) is 19.0 Å². The number of aromatic nitrogens is 2. The predicted octanol–water partition coefficient (Wildman–Crippen LogP) is 5.88. The highest BCUT2D eigenvalue weighted by molar-refractivity contribution is 5.85. The average Bonchev–Trinajstić information content (AvgIpc) is 3.15. The zero-order valence-corrected chi connectivity index (χ0v) is 18.4. The van der Waals surface area contributed by atoms with E-state index in [-0.39, 0.29) is 17.8 Å². The van der Waals surface area contributed by atoms with Crippen LogP contribution in [-0.2, 0) is 0 Å². The Morgan fingerprint density at radius 1 is 1.23 bits per heavy atom. The normalized spacial score (nSPS) is 11.3. The van der Waals surface area contributed by atoms with E-state index < -0.39 is 23.1 Å². The first-order valence-corrected chi connectivity index (χ1v) is 9.34. The molecule has 2 rings (SSSR count). The molecular weight excluding hydrogens is 403 g/mol. The number of aryl methyl sites for hydroxylation is 2. The number of nitrogens with two attached hydrogens (primary N) is 1. The van der Waals surface area contributed by atoms with Gasteiger partial charge in [-0.15, -0.1) is 0 Å². The fourth-order valence-electron chi connectivity index (χ4n) is 2.30. The minimum atomic E-state index is -1.25. The number of aromatic amines is 1. The standard InChI is InChI=1S/C12H14F3N3.C10H9N.CH5N/c1-5-8(14)10(11(15)6(2)13)9-7(3)17-18-12(9)16-4;1-9-4-6-10(7-5-9)3-2-8-11;1-2/h4-5H2,1-3H3,(H,17,18);4-8,11H,1H3;2H2,1H3/b10-8+,11-6-;;. The number of allylic oxidation sites excluding steroid dienone is 4. The highest BCUT2D eigenvalue weighted by Gasteiger charge is 2.23. The van der Waals surface area contributed by atoms with Gasteiger partial charge in [-0.25, -0.2) is 18.2 Å². The van der Waals surface area contributed by atoms with Gasteiger partial charge in [0.25, 0.3) is 0 Å². The van der Waals surface area contributed by atoms with Gasteiger partial charge in [0, 0.05) is 11.3 Å². The second-order valence-corrected chi connectivity index (χ2v) is 5.97. The van der Waals surface area contributed by atoms with E-state index in [0.29, 0.717) is 5.69 Å². The van der Waals surface area contributed by atoms with Crippen LogP contribution in [0, 0.1) is 31.1 Å². The van der Waals surface area contributed by atoms with E-state index in [4.69, 9.17) is 5.41 Å². The highest BCUT2D eigenvalue weighted by Crippen LogP contribution is 2.38. The first-order chi connectivity index (χ1) is 14.8. The summed E-state index contributed by atoms with van der Waals surface area (Å²) in [5, 5.41) is 13.0. The summed E-state index contributed by atoms with van der Waals surface area (Å²) in [4.78, 5) is 3.57. The predicted molar refractivity (Wildman–Crippen MR) is 123 cm³/mol. The average molecular weight is 432 g/mol. The maximum atomic E-state index is 13.8. The van der Waals surface area contributed by atoms with Gasteiger partial charge in [0.15, 0.2) is 11.6 Å². The molecule has 0 bridgehead atoms. The summed E-state index contributed by atoms with van der Waals surface area (Å²) in [5.74, 6) is 2.34. The van der Waals surface area contributed by atoms with Gasteiger partial charge in [-0.2, -0.15) is 5.10 Å². The van der Waals surface area contributed by atoms with E-state index in [9.17, 15) is 13.2 Å². The molecule has 31 heavy (non-hydrogen) atoms. The van der Waals surface area contributed by atoms with Gasteiger partial charge < -0.3 is 5.73 Å². The Hall–Kier alpha value is -3.44. The first kappa shape index (κ1) is 27.6.